The van der Waals surface area contributed by atoms with Gasteiger partial charge in [0.2, 0.25) is 0 Å². The van der Waals surface area contributed by atoms with Gasteiger partial charge in [-0.2, -0.15) is 0 Å². The maximum Gasteiger partial charge on any atom is 0.278 e. The number of likely N-dealkylation sites (N-methyl/N-ethyl adjacent to an activating group) is 1. The number of aryl methyl sites for hydroxylation is 2. The van der Waals surface area contributed by atoms with E-state index in [2.05, 4.69) is 34.3 Å². The highest BCUT2D eigenvalue weighted by atomic mass is 16.2. The summed E-state index contributed by atoms with van der Waals surface area (Å²) in [5.74, 6) is -0.477. The lowest BCUT2D eigenvalue weighted by molar-refractivity contribution is -0.136. The fourth-order valence-corrected chi connectivity index (χ4v) is 4.43. The first-order chi connectivity index (χ1) is 15.4. The van der Waals surface area contributed by atoms with Crippen LogP contribution in [0.4, 0.5) is 11.4 Å². The fraction of sp³-hybridized carbons (Fsp3) is 0.385. The van der Waals surface area contributed by atoms with Crippen LogP contribution < -0.4 is 10.2 Å². The summed E-state index contributed by atoms with van der Waals surface area (Å²) in [5, 5.41) is 3.28. The molecule has 1 saturated heterocycles. The molecule has 0 atom stereocenters. The summed E-state index contributed by atoms with van der Waals surface area (Å²) in [5.41, 5.74) is 5.73. The third-order valence-corrected chi connectivity index (χ3v) is 6.27. The number of amides is 2. The molecule has 0 radical (unpaired) electrons. The van der Waals surface area contributed by atoms with Gasteiger partial charge in [0.1, 0.15) is 5.70 Å². The number of piperazine rings is 1. The van der Waals surface area contributed by atoms with Crippen LogP contribution in [0.2, 0.25) is 0 Å². The van der Waals surface area contributed by atoms with Gasteiger partial charge < -0.3 is 15.1 Å². The predicted molar refractivity (Wildman–Crippen MR) is 130 cm³/mol. The molecule has 4 rings (SSSR count). The van der Waals surface area contributed by atoms with Crippen molar-refractivity contribution in [1.29, 1.82) is 0 Å². The summed E-state index contributed by atoms with van der Waals surface area (Å²) >= 11 is 0. The molecule has 0 aromatic heterocycles. The van der Waals surface area contributed by atoms with E-state index >= 15 is 0 Å². The molecule has 6 nitrogen and oxygen atoms in total. The summed E-state index contributed by atoms with van der Waals surface area (Å²) in [6, 6.07) is 14.1. The highest BCUT2D eigenvalue weighted by Gasteiger charge is 2.39. The fourth-order valence-electron chi connectivity index (χ4n) is 4.43. The number of benzene rings is 2. The van der Waals surface area contributed by atoms with Gasteiger partial charge in [0.15, 0.2) is 0 Å². The zero-order valence-corrected chi connectivity index (χ0v) is 19.4. The van der Waals surface area contributed by atoms with E-state index in [0.29, 0.717) is 17.8 Å². The molecule has 2 aliphatic rings. The molecule has 2 amide bonds. The van der Waals surface area contributed by atoms with Crippen molar-refractivity contribution >= 4 is 28.8 Å². The average Bonchev–Trinajstić information content (AvgIpc) is 3.00. The Hall–Kier alpha value is -3.12. The van der Waals surface area contributed by atoms with Crippen molar-refractivity contribution < 1.29 is 9.59 Å². The molecule has 2 heterocycles. The minimum Gasteiger partial charge on any atom is -0.369 e. The van der Waals surface area contributed by atoms with Gasteiger partial charge in [0.05, 0.1) is 5.57 Å². The quantitative estimate of drug-likeness (QED) is 0.706. The Morgan fingerprint density at radius 1 is 0.906 bits per heavy atom. The van der Waals surface area contributed by atoms with E-state index in [1.807, 2.05) is 51.1 Å². The number of carbonyl (C=O) groups excluding carboxylic acids is 2. The molecule has 6 heteroatoms. The van der Waals surface area contributed by atoms with Crippen molar-refractivity contribution in [3.05, 3.63) is 64.9 Å². The second-order valence-corrected chi connectivity index (χ2v) is 8.79. The Labute approximate surface area is 190 Å². The normalized spacial score (nSPS) is 17.5. The van der Waals surface area contributed by atoms with Crippen LogP contribution in [0.25, 0.3) is 5.57 Å². The Bertz CT molecular complexity index is 1050. The Kier molecular flexibility index (Phi) is 6.33. The van der Waals surface area contributed by atoms with Crippen LogP contribution in [0, 0.1) is 13.8 Å². The number of hydrogen-bond acceptors (Lipinski definition) is 5. The molecule has 1 N–H and O–H groups in total. The maximum absolute atomic E-state index is 13.2. The zero-order valence-electron chi connectivity index (χ0n) is 19.4. The standard InChI is InChI=1S/C26H32N4O2/c1-5-12-30-25(31)23(22-11-6-18(2)17-19(22)3)24(26(30)32)27-20-7-9-21(10-8-20)29-15-13-28(4)14-16-29/h6-11,17,27H,5,12-16H2,1-4H3. The molecule has 0 unspecified atom stereocenters. The molecule has 2 aromatic rings. The lowest BCUT2D eigenvalue weighted by atomic mass is 9.97. The molecular weight excluding hydrogens is 400 g/mol. The van der Waals surface area contributed by atoms with Crippen LogP contribution in [-0.4, -0.2) is 61.4 Å². The SMILES string of the molecule is CCCN1C(=O)C(Nc2ccc(N3CCN(C)CC3)cc2)=C(c2ccc(C)cc2C)C1=O. The molecule has 0 bridgehead atoms. The van der Waals surface area contributed by atoms with Gasteiger partial charge in [-0.3, -0.25) is 14.5 Å². The summed E-state index contributed by atoms with van der Waals surface area (Å²) in [7, 11) is 2.15. The van der Waals surface area contributed by atoms with E-state index < -0.39 is 0 Å². The maximum atomic E-state index is 13.2. The van der Waals surface area contributed by atoms with E-state index in [0.717, 1.165) is 55.0 Å². The van der Waals surface area contributed by atoms with Gasteiger partial charge in [-0.05, 0) is 62.7 Å². The summed E-state index contributed by atoms with van der Waals surface area (Å²) < 4.78 is 0. The lowest BCUT2D eigenvalue weighted by Crippen LogP contribution is -2.44. The molecule has 0 spiro atoms. The minimum absolute atomic E-state index is 0.222. The number of hydrogen-bond donors (Lipinski definition) is 1. The van der Waals surface area contributed by atoms with E-state index in [-0.39, 0.29) is 11.8 Å². The van der Waals surface area contributed by atoms with Crippen molar-refractivity contribution in [3.8, 4) is 0 Å². The monoisotopic (exact) mass is 432 g/mol. The number of imide groups is 1. The van der Waals surface area contributed by atoms with Gasteiger partial charge in [-0.25, -0.2) is 0 Å². The number of anilines is 2. The molecule has 0 aliphatic carbocycles. The number of nitrogens with zero attached hydrogens (tertiary/aromatic N) is 3. The summed E-state index contributed by atoms with van der Waals surface area (Å²) in [6.07, 6.45) is 0.727. The van der Waals surface area contributed by atoms with E-state index in [4.69, 9.17) is 0 Å². The van der Waals surface area contributed by atoms with Gasteiger partial charge >= 0.3 is 0 Å². The first-order valence-electron chi connectivity index (χ1n) is 11.4. The molecule has 1 fully saturated rings. The highest BCUT2D eigenvalue weighted by Crippen LogP contribution is 2.33. The molecule has 2 aromatic carbocycles. The van der Waals surface area contributed by atoms with Crippen LogP contribution >= 0.6 is 0 Å². The third kappa shape index (κ3) is 4.28. The lowest BCUT2D eigenvalue weighted by Gasteiger charge is -2.34. The summed E-state index contributed by atoms with van der Waals surface area (Å²) in [4.78, 5) is 32.5. The highest BCUT2D eigenvalue weighted by molar-refractivity contribution is 6.36. The van der Waals surface area contributed by atoms with Crippen molar-refractivity contribution in [3.63, 3.8) is 0 Å². The third-order valence-electron chi connectivity index (χ3n) is 6.27. The average molecular weight is 433 g/mol. The van der Waals surface area contributed by atoms with E-state index in [1.165, 1.54) is 10.6 Å². The molecule has 0 saturated carbocycles. The Balaban J connectivity index is 1.64. The first kappa shape index (κ1) is 22.1. The summed E-state index contributed by atoms with van der Waals surface area (Å²) in [6.45, 7) is 10.5. The Morgan fingerprint density at radius 3 is 2.22 bits per heavy atom. The van der Waals surface area contributed by atoms with E-state index in [1.54, 1.807) is 0 Å². The molecule has 2 aliphatic heterocycles. The largest absolute Gasteiger partial charge is 0.369 e. The van der Waals surface area contributed by atoms with Crippen molar-refractivity contribution in [1.82, 2.24) is 9.80 Å². The van der Waals surface area contributed by atoms with Crippen LogP contribution in [0.3, 0.4) is 0 Å². The Morgan fingerprint density at radius 2 is 1.59 bits per heavy atom. The predicted octanol–water partition coefficient (Wildman–Crippen LogP) is 3.66. The second kappa shape index (κ2) is 9.17. The molecule has 32 heavy (non-hydrogen) atoms. The van der Waals surface area contributed by atoms with Gasteiger partial charge in [0.25, 0.3) is 11.8 Å². The van der Waals surface area contributed by atoms with Crippen LogP contribution in [-0.2, 0) is 9.59 Å². The number of nitrogens with one attached hydrogen (secondary N) is 1. The van der Waals surface area contributed by atoms with Crippen molar-refractivity contribution in [2.45, 2.75) is 27.2 Å². The molecular formula is C26H32N4O2. The minimum atomic E-state index is -0.255. The number of rotatable bonds is 6. The van der Waals surface area contributed by atoms with Crippen LogP contribution in [0.5, 0.6) is 0 Å². The number of carbonyl (C=O) groups is 2. The van der Waals surface area contributed by atoms with E-state index in [9.17, 15) is 9.59 Å². The second-order valence-electron chi connectivity index (χ2n) is 8.79. The van der Waals surface area contributed by atoms with Gasteiger partial charge in [0, 0.05) is 44.1 Å². The van der Waals surface area contributed by atoms with Crippen LogP contribution in [0.15, 0.2) is 48.2 Å². The molecule has 168 valence electrons. The smallest absolute Gasteiger partial charge is 0.278 e. The van der Waals surface area contributed by atoms with Crippen molar-refractivity contribution in [2.75, 3.05) is 50.0 Å². The zero-order chi connectivity index (χ0) is 22.8. The first-order valence-corrected chi connectivity index (χ1v) is 11.4. The topological polar surface area (TPSA) is 55.9 Å². The van der Waals surface area contributed by atoms with Gasteiger partial charge in [-0.15, -0.1) is 0 Å². The van der Waals surface area contributed by atoms with Crippen molar-refractivity contribution in [2.24, 2.45) is 0 Å². The van der Waals surface area contributed by atoms with Crippen LogP contribution in [0.1, 0.15) is 30.0 Å². The van der Waals surface area contributed by atoms with Gasteiger partial charge in [-0.1, -0.05) is 30.7 Å².